The van der Waals surface area contributed by atoms with Crippen LogP contribution in [0.4, 0.5) is 0 Å². The average Bonchev–Trinajstić information content (AvgIpc) is 2.49. The van der Waals surface area contributed by atoms with Crippen molar-refractivity contribution in [3.8, 4) is 5.75 Å². The molecule has 0 aliphatic carbocycles. The van der Waals surface area contributed by atoms with E-state index in [1.54, 1.807) is 12.1 Å². The summed E-state index contributed by atoms with van der Waals surface area (Å²) in [5, 5.41) is -0.0901. The molecule has 116 valence electrons. The van der Waals surface area contributed by atoms with Crippen molar-refractivity contribution in [2.24, 2.45) is 0 Å². The first-order valence-electron chi connectivity index (χ1n) is 6.06. The lowest BCUT2D eigenvalue weighted by molar-refractivity contribution is 0.0727. The van der Waals surface area contributed by atoms with Crippen LogP contribution in [0.1, 0.15) is 17.4 Å². The normalized spacial score (nSPS) is 11.2. The van der Waals surface area contributed by atoms with Crippen LogP contribution in [-0.4, -0.2) is 30.1 Å². The van der Waals surface area contributed by atoms with Gasteiger partial charge in [0.2, 0.25) is 15.0 Å². The maximum Gasteiger partial charge on any atom is 0.364 e. The molecule has 0 N–H and O–H groups in total. The predicted molar refractivity (Wildman–Crippen MR) is 81.2 cm³/mol. The van der Waals surface area contributed by atoms with Crippen LogP contribution in [0.2, 0.25) is 10.0 Å². The Morgan fingerprint density at radius 2 is 1.86 bits per heavy atom. The molecule has 0 amide bonds. The Balaban J connectivity index is 2.33. The molecule has 0 bridgehead atoms. The Labute approximate surface area is 137 Å². The molecule has 0 unspecified atom stereocenters. The van der Waals surface area contributed by atoms with Crippen molar-refractivity contribution < 1.29 is 17.9 Å². The molecule has 6 nitrogen and oxygen atoms in total. The van der Waals surface area contributed by atoms with Crippen molar-refractivity contribution in [3.05, 3.63) is 46.2 Å². The lowest BCUT2D eigenvalue weighted by Gasteiger charge is -2.06. The van der Waals surface area contributed by atoms with Crippen LogP contribution in [0.25, 0.3) is 0 Å². The summed E-state index contributed by atoms with van der Waals surface area (Å²) >= 11 is 11.6. The summed E-state index contributed by atoms with van der Waals surface area (Å²) in [5.74, 6) is -0.855. The van der Waals surface area contributed by atoms with Crippen LogP contribution < -0.4 is 4.74 Å². The van der Waals surface area contributed by atoms with E-state index in [2.05, 4.69) is 9.97 Å². The van der Waals surface area contributed by atoms with Gasteiger partial charge in [0, 0.05) is 5.02 Å². The first kappa shape index (κ1) is 16.7. The van der Waals surface area contributed by atoms with Gasteiger partial charge < -0.3 is 4.74 Å². The molecule has 0 atom stereocenters. The monoisotopic (exact) mass is 360 g/mol. The fourth-order valence-corrected chi connectivity index (χ4v) is 2.43. The molecular formula is C13H10Cl2N2O4S. The van der Waals surface area contributed by atoms with Gasteiger partial charge in [0.15, 0.2) is 5.69 Å². The number of hydrogen-bond donors (Lipinski definition) is 0. The number of sulfone groups is 1. The molecule has 0 aliphatic heterocycles. The summed E-state index contributed by atoms with van der Waals surface area (Å²) in [4.78, 5) is 19.4. The fourth-order valence-electron chi connectivity index (χ4n) is 1.43. The SMILES string of the molecule is CCS(=O)(=O)c1ncc(Cl)c(C(=O)Oc2ccc(Cl)cc2)n1. The number of halogens is 2. The van der Waals surface area contributed by atoms with Crippen LogP contribution in [0, 0.1) is 0 Å². The molecule has 1 heterocycles. The fraction of sp³-hybridized carbons (Fsp3) is 0.154. The van der Waals surface area contributed by atoms with Crippen LogP contribution in [-0.2, 0) is 9.84 Å². The molecule has 0 spiro atoms. The Hall–Kier alpha value is -1.70. The molecule has 1 aromatic heterocycles. The molecule has 9 heteroatoms. The zero-order chi connectivity index (χ0) is 16.3. The summed E-state index contributed by atoms with van der Waals surface area (Å²) in [6, 6.07) is 6.05. The minimum atomic E-state index is -3.66. The van der Waals surface area contributed by atoms with E-state index in [9.17, 15) is 13.2 Å². The van der Waals surface area contributed by atoms with Gasteiger partial charge in [-0.05, 0) is 24.3 Å². The van der Waals surface area contributed by atoms with E-state index in [1.807, 2.05) is 0 Å². The van der Waals surface area contributed by atoms with Gasteiger partial charge in [-0.25, -0.2) is 23.2 Å². The van der Waals surface area contributed by atoms with Crippen molar-refractivity contribution in [1.82, 2.24) is 9.97 Å². The zero-order valence-electron chi connectivity index (χ0n) is 11.3. The van der Waals surface area contributed by atoms with E-state index < -0.39 is 21.0 Å². The van der Waals surface area contributed by atoms with Gasteiger partial charge in [0.1, 0.15) is 5.75 Å². The number of benzene rings is 1. The Bertz CT molecular complexity index is 807. The van der Waals surface area contributed by atoms with Crippen LogP contribution in [0.5, 0.6) is 5.75 Å². The van der Waals surface area contributed by atoms with Gasteiger partial charge in [-0.1, -0.05) is 30.1 Å². The molecule has 22 heavy (non-hydrogen) atoms. The molecule has 2 aromatic rings. The number of nitrogens with zero attached hydrogens (tertiary/aromatic N) is 2. The Morgan fingerprint density at radius 1 is 1.23 bits per heavy atom. The van der Waals surface area contributed by atoms with Gasteiger partial charge in [0.05, 0.1) is 17.0 Å². The number of hydrogen-bond acceptors (Lipinski definition) is 6. The smallest absolute Gasteiger partial charge is 0.364 e. The minimum Gasteiger partial charge on any atom is -0.422 e. The number of rotatable bonds is 4. The molecule has 0 fully saturated rings. The van der Waals surface area contributed by atoms with E-state index in [0.29, 0.717) is 5.02 Å². The predicted octanol–water partition coefficient (Wildman–Crippen LogP) is 2.80. The largest absolute Gasteiger partial charge is 0.422 e. The van der Waals surface area contributed by atoms with Crippen molar-refractivity contribution >= 4 is 39.0 Å². The lowest BCUT2D eigenvalue weighted by Crippen LogP contribution is -2.16. The van der Waals surface area contributed by atoms with Crippen LogP contribution >= 0.6 is 23.2 Å². The number of carbonyl (C=O) groups excluding carboxylic acids is 1. The summed E-state index contributed by atoms with van der Waals surface area (Å²) in [7, 11) is -3.66. The second kappa shape index (κ2) is 6.60. The minimum absolute atomic E-state index is 0.103. The maximum absolute atomic E-state index is 12.1. The molecule has 0 aliphatic rings. The Kier molecular flexibility index (Phi) is 5.00. The standard InChI is InChI=1S/C13H10Cl2N2O4S/c1-2-22(19,20)13-16-7-10(15)11(17-13)12(18)21-9-5-3-8(14)4-6-9/h3-7H,2H2,1H3. The maximum atomic E-state index is 12.1. The highest BCUT2D eigenvalue weighted by molar-refractivity contribution is 7.91. The molecule has 0 saturated carbocycles. The molecule has 0 radical (unpaired) electrons. The third-order valence-corrected chi connectivity index (χ3v) is 4.64. The van der Waals surface area contributed by atoms with Gasteiger partial charge in [-0.2, -0.15) is 0 Å². The van der Waals surface area contributed by atoms with E-state index in [4.69, 9.17) is 27.9 Å². The molecule has 2 rings (SSSR count). The number of ether oxygens (including phenoxy) is 1. The van der Waals surface area contributed by atoms with Crippen LogP contribution in [0.15, 0.2) is 35.6 Å². The first-order valence-corrected chi connectivity index (χ1v) is 8.47. The van der Waals surface area contributed by atoms with Gasteiger partial charge >= 0.3 is 5.97 Å². The van der Waals surface area contributed by atoms with Crippen molar-refractivity contribution in [2.75, 3.05) is 5.75 Å². The van der Waals surface area contributed by atoms with E-state index >= 15 is 0 Å². The van der Waals surface area contributed by atoms with Crippen molar-refractivity contribution in [1.29, 1.82) is 0 Å². The van der Waals surface area contributed by atoms with E-state index in [0.717, 1.165) is 6.20 Å². The highest BCUT2D eigenvalue weighted by atomic mass is 35.5. The zero-order valence-corrected chi connectivity index (χ0v) is 13.6. The number of aromatic nitrogens is 2. The molecule has 1 aromatic carbocycles. The third kappa shape index (κ3) is 3.73. The van der Waals surface area contributed by atoms with E-state index in [-0.39, 0.29) is 22.2 Å². The van der Waals surface area contributed by atoms with Crippen molar-refractivity contribution in [3.63, 3.8) is 0 Å². The topological polar surface area (TPSA) is 86.2 Å². The number of esters is 1. The second-order valence-electron chi connectivity index (χ2n) is 4.10. The first-order chi connectivity index (χ1) is 10.3. The summed E-state index contributed by atoms with van der Waals surface area (Å²) in [6.07, 6.45) is 1.05. The highest BCUT2D eigenvalue weighted by Gasteiger charge is 2.22. The summed E-state index contributed by atoms with van der Waals surface area (Å²) in [5.41, 5.74) is -0.321. The summed E-state index contributed by atoms with van der Waals surface area (Å²) < 4.78 is 28.6. The van der Waals surface area contributed by atoms with Gasteiger partial charge in [0.25, 0.3) is 0 Å². The van der Waals surface area contributed by atoms with Gasteiger partial charge in [-0.15, -0.1) is 0 Å². The van der Waals surface area contributed by atoms with Gasteiger partial charge in [-0.3, -0.25) is 0 Å². The average molecular weight is 361 g/mol. The quantitative estimate of drug-likeness (QED) is 0.473. The van der Waals surface area contributed by atoms with E-state index in [1.165, 1.54) is 19.1 Å². The van der Waals surface area contributed by atoms with Crippen LogP contribution in [0.3, 0.4) is 0 Å². The summed E-state index contributed by atoms with van der Waals surface area (Å²) in [6.45, 7) is 1.44. The molecular weight excluding hydrogens is 351 g/mol. The molecule has 0 saturated heterocycles. The van der Waals surface area contributed by atoms with Crippen molar-refractivity contribution in [2.45, 2.75) is 12.1 Å². The lowest BCUT2D eigenvalue weighted by atomic mass is 10.3. The Morgan fingerprint density at radius 3 is 2.45 bits per heavy atom. The third-order valence-electron chi connectivity index (χ3n) is 2.60. The second-order valence-corrected chi connectivity index (χ2v) is 7.11. The highest BCUT2D eigenvalue weighted by Crippen LogP contribution is 2.20. The number of carbonyl (C=O) groups is 1.